The second kappa shape index (κ2) is 16.8. The second-order valence-corrected chi connectivity index (χ2v) is 11.1. The Hall–Kier alpha value is -9.38. The molecule has 0 nitrogen and oxygen atoms in total. The fraction of sp³-hybridized carbons (Fsp3) is 0.0741. The summed E-state index contributed by atoms with van der Waals surface area (Å²) in [4.78, 5) is 0. The van der Waals surface area contributed by atoms with Gasteiger partial charge in [-0.15, -0.1) is 25.7 Å². The maximum absolute atomic E-state index is 5.26. The van der Waals surface area contributed by atoms with E-state index in [0.29, 0.717) is 0 Å². The summed E-state index contributed by atoms with van der Waals surface area (Å²) < 4.78 is 0. The van der Waals surface area contributed by atoms with Crippen molar-refractivity contribution in [2.45, 2.75) is 24.7 Å². The molecule has 0 N–H and O–H groups in total. The summed E-state index contributed by atoms with van der Waals surface area (Å²) in [6.45, 7) is 4.02. The standard InChI is InChI=1S/C54H18/c1-7-11-15-19-23-27-35-53(36-28-24-20-16-12-8-2)49-39-43(5)31-33-45(49)47-42-52-48(41-51(47)53)46-34-32-44(6)40-50(46)54(52,37-29-25-21-17-13-9-3)38-30-26-22-18-14-10-4/h1-4,31-34,39-42H,5-6H3. The highest BCUT2D eigenvalue weighted by Gasteiger charge is 2.47. The molecule has 0 radical (unpaired) electrons. The predicted molar refractivity (Wildman–Crippen MR) is 217 cm³/mol. The number of benzene rings is 3. The molecule has 234 valence electrons. The largest absolute Gasteiger partial charge is 0.145 e. The van der Waals surface area contributed by atoms with Crippen LogP contribution in [0.2, 0.25) is 0 Å². The van der Waals surface area contributed by atoms with Gasteiger partial charge in [-0.25, -0.2) is 0 Å². The van der Waals surface area contributed by atoms with Crippen molar-refractivity contribution < 1.29 is 0 Å². The molecule has 0 aromatic heterocycles. The molecule has 2 aliphatic rings. The van der Waals surface area contributed by atoms with Crippen LogP contribution < -0.4 is 0 Å². The van der Waals surface area contributed by atoms with Gasteiger partial charge >= 0.3 is 0 Å². The summed E-state index contributed by atoms with van der Waals surface area (Å²) in [7, 11) is 0. The Morgan fingerprint density at radius 2 is 0.574 bits per heavy atom. The number of fused-ring (bicyclic) bond motifs is 6. The van der Waals surface area contributed by atoms with Crippen LogP contribution in [-0.4, -0.2) is 0 Å². The molecule has 5 rings (SSSR count). The molecule has 3 aromatic rings. The van der Waals surface area contributed by atoms with E-state index in [9.17, 15) is 0 Å². The van der Waals surface area contributed by atoms with E-state index < -0.39 is 10.8 Å². The van der Waals surface area contributed by atoms with E-state index in [2.05, 4.69) is 202 Å². The van der Waals surface area contributed by atoms with E-state index in [4.69, 9.17) is 25.7 Å². The Morgan fingerprint density at radius 1 is 0.315 bits per heavy atom. The van der Waals surface area contributed by atoms with Gasteiger partial charge in [-0.05, 0) is 213 Å². The van der Waals surface area contributed by atoms with E-state index >= 15 is 0 Å². The molecule has 0 heterocycles. The zero-order valence-corrected chi connectivity index (χ0v) is 28.9. The van der Waals surface area contributed by atoms with Gasteiger partial charge in [0.15, 0.2) is 0 Å². The average molecular weight is 667 g/mol. The SMILES string of the molecule is C#CC#CC#CC#CC1(C#CC#CC#CC#C)c2cc(C)ccc2-c2cc3c(cc21)-c1ccc(C)cc1C3(C#CC#CC#CC#C)C#CC#CC#CC#C. The van der Waals surface area contributed by atoms with Crippen LogP contribution in [0.5, 0.6) is 0 Å². The normalized spacial score (nSPS) is 10.3. The Kier molecular flexibility index (Phi) is 11.2. The van der Waals surface area contributed by atoms with Crippen molar-refractivity contribution in [2.75, 3.05) is 0 Å². The van der Waals surface area contributed by atoms with Crippen molar-refractivity contribution in [3.05, 3.63) is 81.9 Å². The first-order valence-electron chi connectivity index (χ1n) is 15.8. The van der Waals surface area contributed by atoms with Crippen LogP contribution in [0.25, 0.3) is 22.3 Å². The molecule has 0 bridgehead atoms. The van der Waals surface area contributed by atoms with Crippen molar-refractivity contribution >= 4 is 0 Å². The van der Waals surface area contributed by atoms with Crippen molar-refractivity contribution in [1.29, 1.82) is 0 Å². The third kappa shape index (κ3) is 7.29. The van der Waals surface area contributed by atoms with Crippen molar-refractivity contribution in [3.8, 4) is 214 Å². The third-order valence-corrected chi connectivity index (χ3v) is 7.99. The minimum absolute atomic E-state index is 0.840. The molecule has 0 saturated heterocycles. The molecule has 0 fully saturated rings. The highest BCUT2D eigenvalue weighted by atomic mass is 14.5. The Balaban J connectivity index is 1.92. The van der Waals surface area contributed by atoms with Gasteiger partial charge in [0.25, 0.3) is 0 Å². The van der Waals surface area contributed by atoms with Crippen LogP contribution in [-0.2, 0) is 10.8 Å². The summed E-state index contributed by atoms with van der Waals surface area (Å²) in [5.74, 6) is 76.7. The maximum atomic E-state index is 5.26. The lowest BCUT2D eigenvalue weighted by Gasteiger charge is -2.22. The summed E-state index contributed by atoms with van der Waals surface area (Å²) in [5.41, 5.74) is 6.80. The third-order valence-electron chi connectivity index (χ3n) is 7.99. The van der Waals surface area contributed by atoms with Crippen molar-refractivity contribution in [1.82, 2.24) is 0 Å². The quantitative estimate of drug-likeness (QED) is 0.282. The summed E-state index contributed by atoms with van der Waals surface area (Å²) >= 11 is 0. The Morgan fingerprint density at radius 3 is 0.870 bits per heavy atom. The molecular weight excluding hydrogens is 649 g/mol. The monoisotopic (exact) mass is 666 g/mol. The molecule has 0 spiro atoms. The van der Waals surface area contributed by atoms with Crippen molar-refractivity contribution in [2.24, 2.45) is 0 Å². The minimum atomic E-state index is -1.15. The van der Waals surface area contributed by atoms with Gasteiger partial charge in [0.1, 0.15) is 10.8 Å². The smallest absolute Gasteiger partial charge is 0.106 e. The average Bonchev–Trinajstić information content (AvgIpc) is 3.58. The topological polar surface area (TPSA) is 0 Å². The second-order valence-electron chi connectivity index (χ2n) is 11.1. The molecule has 2 aliphatic carbocycles. The molecule has 54 heavy (non-hydrogen) atoms. The summed E-state index contributed by atoms with van der Waals surface area (Å²) in [6, 6.07) is 16.6. The first kappa shape index (κ1) is 35.9. The first-order valence-corrected chi connectivity index (χ1v) is 15.8. The number of rotatable bonds is 0. The molecule has 3 aromatic carbocycles. The van der Waals surface area contributed by atoms with Gasteiger partial charge < -0.3 is 0 Å². The maximum Gasteiger partial charge on any atom is 0.145 e. The molecule has 0 atom stereocenters. The van der Waals surface area contributed by atoms with Crippen LogP contribution in [0.3, 0.4) is 0 Å². The summed E-state index contributed by atoms with van der Waals surface area (Å²) in [5, 5.41) is 0. The van der Waals surface area contributed by atoms with Crippen molar-refractivity contribution in [3.63, 3.8) is 0 Å². The zero-order chi connectivity index (χ0) is 38.2. The number of aryl methyl sites for hydroxylation is 2. The number of hydrogen-bond acceptors (Lipinski definition) is 0. The van der Waals surface area contributed by atoms with Crippen LogP contribution in [0.4, 0.5) is 0 Å². The van der Waals surface area contributed by atoms with Gasteiger partial charge in [-0.2, -0.15) is 0 Å². The van der Waals surface area contributed by atoms with E-state index in [1.54, 1.807) is 0 Å². The van der Waals surface area contributed by atoms with Crippen LogP contribution in [0.15, 0.2) is 48.5 Å². The van der Waals surface area contributed by atoms with Crippen LogP contribution >= 0.6 is 0 Å². The Labute approximate surface area is 319 Å². The molecule has 0 amide bonds. The number of terminal acetylenes is 4. The Bertz CT molecular complexity index is 2820. The first-order chi connectivity index (χ1) is 26.5. The molecule has 0 saturated carbocycles. The molecule has 0 aliphatic heterocycles. The molecule has 0 heteroatoms. The van der Waals surface area contributed by atoms with Gasteiger partial charge in [0.2, 0.25) is 0 Å². The highest BCUT2D eigenvalue weighted by molar-refractivity contribution is 5.94. The van der Waals surface area contributed by atoms with Crippen LogP contribution in [0.1, 0.15) is 33.4 Å². The lowest BCUT2D eigenvalue weighted by atomic mass is 9.76. The van der Waals surface area contributed by atoms with E-state index in [1.807, 2.05) is 26.0 Å². The van der Waals surface area contributed by atoms with Gasteiger partial charge in [0, 0.05) is 0 Å². The van der Waals surface area contributed by atoms with E-state index in [1.165, 1.54) is 0 Å². The lowest BCUT2D eigenvalue weighted by Crippen LogP contribution is -2.23. The van der Waals surface area contributed by atoms with Gasteiger partial charge in [-0.1, -0.05) is 71.2 Å². The van der Waals surface area contributed by atoms with E-state index in [0.717, 1.165) is 55.6 Å². The highest BCUT2D eigenvalue weighted by Crippen LogP contribution is 2.56. The predicted octanol–water partition coefficient (Wildman–Crippen LogP) is 5.41. The molecular formula is C54H18. The minimum Gasteiger partial charge on any atom is -0.106 e. The zero-order valence-electron chi connectivity index (χ0n) is 28.9. The van der Waals surface area contributed by atoms with Crippen LogP contribution in [0, 0.1) is 205 Å². The van der Waals surface area contributed by atoms with E-state index in [-0.39, 0.29) is 0 Å². The summed E-state index contributed by atoms with van der Waals surface area (Å²) in [6.07, 6.45) is 21.0. The fourth-order valence-corrected chi connectivity index (χ4v) is 5.98. The number of hydrogen-bond donors (Lipinski definition) is 0. The van der Waals surface area contributed by atoms with Gasteiger partial charge in [0.05, 0.1) is 0 Å². The van der Waals surface area contributed by atoms with Gasteiger partial charge in [-0.3, -0.25) is 0 Å². The fourth-order valence-electron chi connectivity index (χ4n) is 5.98. The molecule has 0 unspecified atom stereocenters. The lowest BCUT2D eigenvalue weighted by molar-refractivity contribution is 0.902.